The molecular weight excluding hydrogens is 349 g/mol. The molecule has 1 aromatic rings. The lowest BCUT2D eigenvalue weighted by atomic mass is 9.96. The summed E-state index contributed by atoms with van der Waals surface area (Å²) in [5.74, 6) is -0.381. The monoisotopic (exact) mass is 364 g/mol. The van der Waals surface area contributed by atoms with Crippen LogP contribution in [0.25, 0.3) is 0 Å². The second-order valence-electron chi connectivity index (χ2n) is 4.82. The van der Waals surface area contributed by atoms with Gasteiger partial charge in [-0.2, -0.15) is 13.2 Å². The third kappa shape index (κ3) is 3.41. The Morgan fingerprint density at radius 2 is 1.95 bits per heavy atom. The summed E-state index contributed by atoms with van der Waals surface area (Å²) in [4.78, 5) is 1.88. The molecule has 2 rings (SSSR count). The summed E-state index contributed by atoms with van der Waals surface area (Å²) in [5.41, 5.74) is -0.972. The molecule has 0 bridgehead atoms. The SMILES string of the molecule is C=C[C@@H](c1c(C(F)(F)F)ccc(Br)c1O)N1CCNCC1. The van der Waals surface area contributed by atoms with Gasteiger partial charge in [0.15, 0.2) is 0 Å². The molecule has 1 fully saturated rings. The molecule has 116 valence electrons. The van der Waals surface area contributed by atoms with Gasteiger partial charge in [0.2, 0.25) is 0 Å². The predicted octanol–water partition coefficient (Wildman–Crippen LogP) is 3.31. The van der Waals surface area contributed by atoms with Gasteiger partial charge in [-0.25, -0.2) is 0 Å². The van der Waals surface area contributed by atoms with Crippen molar-refractivity contribution < 1.29 is 18.3 Å². The van der Waals surface area contributed by atoms with Gasteiger partial charge in [-0.15, -0.1) is 6.58 Å². The number of aromatic hydroxyl groups is 1. The van der Waals surface area contributed by atoms with Crippen LogP contribution in [0.4, 0.5) is 13.2 Å². The van der Waals surface area contributed by atoms with Gasteiger partial charge < -0.3 is 10.4 Å². The number of nitrogens with one attached hydrogen (secondary N) is 1. The van der Waals surface area contributed by atoms with E-state index in [1.165, 1.54) is 12.1 Å². The molecule has 21 heavy (non-hydrogen) atoms. The Hall–Kier alpha value is -1.05. The zero-order chi connectivity index (χ0) is 15.6. The fourth-order valence-electron chi connectivity index (χ4n) is 2.54. The van der Waals surface area contributed by atoms with Crippen molar-refractivity contribution in [2.45, 2.75) is 12.2 Å². The zero-order valence-corrected chi connectivity index (χ0v) is 12.8. The van der Waals surface area contributed by atoms with Gasteiger partial charge in [0, 0.05) is 31.7 Å². The lowest BCUT2D eigenvalue weighted by Crippen LogP contribution is -2.45. The second-order valence-corrected chi connectivity index (χ2v) is 5.68. The molecule has 1 heterocycles. The van der Waals surface area contributed by atoms with Crippen LogP contribution in [0.1, 0.15) is 17.2 Å². The molecular formula is C14H16BrF3N2O. The largest absolute Gasteiger partial charge is 0.506 e. The summed E-state index contributed by atoms with van der Waals surface area (Å²) in [7, 11) is 0. The topological polar surface area (TPSA) is 35.5 Å². The van der Waals surface area contributed by atoms with Gasteiger partial charge in [-0.05, 0) is 28.1 Å². The van der Waals surface area contributed by atoms with Crippen LogP contribution in [-0.2, 0) is 6.18 Å². The molecule has 0 spiro atoms. The van der Waals surface area contributed by atoms with Gasteiger partial charge in [0.25, 0.3) is 0 Å². The fraction of sp³-hybridized carbons (Fsp3) is 0.429. The second kappa shape index (κ2) is 6.37. The molecule has 0 aromatic heterocycles. The van der Waals surface area contributed by atoms with E-state index in [0.29, 0.717) is 26.2 Å². The van der Waals surface area contributed by atoms with E-state index in [2.05, 4.69) is 27.8 Å². The van der Waals surface area contributed by atoms with Crippen LogP contribution in [-0.4, -0.2) is 36.2 Å². The predicted molar refractivity (Wildman–Crippen MR) is 78.2 cm³/mol. The van der Waals surface area contributed by atoms with E-state index < -0.39 is 17.8 Å². The average Bonchev–Trinajstić information content (AvgIpc) is 2.44. The first-order valence-corrected chi connectivity index (χ1v) is 7.31. The van der Waals surface area contributed by atoms with Crippen molar-refractivity contribution in [3.63, 3.8) is 0 Å². The van der Waals surface area contributed by atoms with Crippen molar-refractivity contribution >= 4 is 15.9 Å². The number of alkyl halides is 3. The van der Waals surface area contributed by atoms with E-state index in [4.69, 9.17) is 0 Å². The third-order valence-electron chi connectivity index (χ3n) is 3.54. The average molecular weight is 365 g/mol. The number of nitrogens with zero attached hydrogens (tertiary/aromatic N) is 1. The molecule has 7 heteroatoms. The number of halogens is 4. The Labute approximate surface area is 129 Å². The van der Waals surface area contributed by atoms with Crippen molar-refractivity contribution in [2.75, 3.05) is 26.2 Å². The van der Waals surface area contributed by atoms with Crippen molar-refractivity contribution in [2.24, 2.45) is 0 Å². The number of rotatable bonds is 3. The third-order valence-corrected chi connectivity index (χ3v) is 4.18. The Bertz CT molecular complexity index is 528. The number of hydrogen-bond donors (Lipinski definition) is 2. The van der Waals surface area contributed by atoms with E-state index in [1.807, 2.05) is 4.90 Å². The van der Waals surface area contributed by atoms with Crippen LogP contribution < -0.4 is 5.32 Å². The summed E-state index contributed by atoms with van der Waals surface area (Å²) in [5, 5.41) is 13.3. The van der Waals surface area contributed by atoms with Crippen molar-refractivity contribution in [3.05, 3.63) is 40.4 Å². The first-order valence-electron chi connectivity index (χ1n) is 6.52. The number of hydrogen-bond acceptors (Lipinski definition) is 3. The number of benzene rings is 1. The molecule has 1 aliphatic heterocycles. The Morgan fingerprint density at radius 3 is 2.48 bits per heavy atom. The minimum Gasteiger partial charge on any atom is -0.506 e. The fourth-order valence-corrected chi connectivity index (χ4v) is 2.88. The van der Waals surface area contributed by atoms with E-state index >= 15 is 0 Å². The van der Waals surface area contributed by atoms with Crippen LogP contribution in [0.2, 0.25) is 0 Å². The van der Waals surface area contributed by atoms with Crippen LogP contribution in [0.3, 0.4) is 0 Å². The maximum Gasteiger partial charge on any atom is 0.416 e. The quantitative estimate of drug-likeness (QED) is 0.807. The standard InChI is InChI=1S/C14H16BrF3N2O/c1-2-11(20-7-5-19-6-8-20)12-9(14(16,17)18)3-4-10(15)13(12)21/h2-4,11,19,21H,1,5-8H2/t11-/m0/s1. The highest BCUT2D eigenvalue weighted by Crippen LogP contribution is 2.44. The lowest BCUT2D eigenvalue weighted by molar-refractivity contribution is -0.138. The molecule has 0 aliphatic carbocycles. The number of phenolic OH excluding ortho intramolecular Hbond substituents is 1. The summed E-state index contributed by atoms with van der Waals surface area (Å²) in [6, 6.07) is 1.51. The Balaban J connectivity index is 2.53. The highest BCUT2D eigenvalue weighted by molar-refractivity contribution is 9.10. The maximum absolute atomic E-state index is 13.2. The molecule has 0 amide bonds. The first-order chi connectivity index (χ1) is 9.86. The van der Waals surface area contributed by atoms with Crippen LogP contribution in [0, 0.1) is 0 Å². The summed E-state index contributed by atoms with van der Waals surface area (Å²) < 4.78 is 39.9. The van der Waals surface area contributed by atoms with E-state index in [1.54, 1.807) is 0 Å². The summed E-state index contributed by atoms with van der Waals surface area (Å²) in [6.07, 6.45) is -3.08. The molecule has 1 atom stereocenters. The van der Waals surface area contributed by atoms with E-state index in [9.17, 15) is 18.3 Å². The minimum atomic E-state index is -4.52. The molecule has 1 saturated heterocycles. The maximum atomic E-state index is 13.2. The van der Waals surface area contributed by atoms with Gasteiger partial charge in [-0.3, -0.25) is 4.90 Å². The molecule has 0 unspecified atom stereocenters. The van der Waals surface area contributed by atoms with E-state index in [0.717, 1.165) is 6.07 Å². The van der Waals surface area contributed by atoms with Gasteiger partial charge in [0.1, 0.15) is 5.75 Å². The smallest absolute Gasteiger partial charge is 0.416 e. The first kappa shape index (κ1) is 16.3. The van der Waals surface area contributed by atoms with Gasteiger partial charge >= 0.3 is 6.18 Å². The van der Waals surface area contributed by atoms with Crippen molar-refractivity contribution in [3.8, 4) is 5.75 Å². The molecule has 2 N–H and O–H groups in total. The normalized spacial score (nSPS) is 18.5. The minimum absolute atomic E-state index is 0.145. The number of piperazine rings is 1. The molecule has 0 radical (unpaired) electrons. The number of phenols is 1. The summed E-state index contributed by atoms with van der Waals surface area (Å²) in [6.45, 7) is 6.23. The summed E-state index contributed by atoms with van der Waals surface area (Å²) >= 11 is 3.09. The highest BCUT2D eigenvalue weighted by atomic mass is 79.9. The van der Waals surface area contributed by atoms with Gasteiger partial charge in [-0.1, -0.05) is 6.08 Å². The van der Waals surface area contributed by atoms with Crippen molar-refractivity contribution in [1.82, 2.24) is 10.2 Å². The van der Waals surface area contributed by atoms with Crippen LogP contribution >= 0.6 is 15.9 Å². The highest BCUT2D eigenvalue weighted by Gasteiger charge is 2.38. The van der Waals surface area contributed by atoms with Gasteiger partial charge in [0.05, 0.1) is 16.1 Å². The zero-order valence-electron chi connectivity index (χ0n) is 11.3. The van der Waals surface area contributed by atoms with E-state index in [-0.39, 0.29) is 15.8 Å². The van der Waals surface area contributed by atoms with Crippen molar-refractivity contribution in [1.29, 1.82) is 0 Å². The molecule has 0 saturated carbocycles. The molecule has 3 nitrogen and oxygen atoms in total. The van der Waals surface area contributed by atoms with Crippen LogP contribution in [0.15, 0.2) is 29.3 Å². The lowest BCUT2D eigenvalue weighted by Gasteiger charge is -2.35. The van der Waals surface area contributed by atoms with Crippen LogP contribution in [0.5, 0.6) is 5.75 Å². The Morgan fingerprint density at radius 1 is 1.33 bits per heavy atom. The molecule has 1 aliphatic rings. The Kier molecular flexibility index (Phi) is 4.95. The molecule has 1 aromatic carbocycles.